The highest BCUT2D eigenvalue weighted by Gasteiger charge is 2.11. The van der Waals surface area contributed by atoms with Crippen molar-refractivity contribution in [1.82, 2.24) is 5.32 Å². The van der Waals surface area contributed by atoms with Gasteiger partial charge in [0.25, 0.3) is 0 Å². The highest BCUT2D eigenvalue weighted by molar-refractivity contribution is 9.11. The van der Waals surface area contributed by atoms with Gasteiger partial charge in [-0.1, -0.05) is 50.9 Å². The van der Waals surface area contributed by atoms with Gasteiger partial charge in [-0.15, -0.1) is 6.58 Å². The van der Waals surface area contributed by atoms with Crippen LogP contribution in [0.15, 0.2) is 39.8 Å². The van der Waals surface area contributed by atoms with E-state index in [9.17, 15) is 0 Å². The summed E-state index contributed by atoms with van der Waals surface area (Å²) < 4.78 is 2.22. The summed E-state index contributed by atoms with van der Waals surface area (Å²) in [6.45, 7) is 6.86. The fourth-order valence-electron chi connectivity index (χ4n) is 1.52. The molecule has 0 aliphatic rings. The lowest BCUT2D eigenvalue weighted by Crippen LogP contribution is -2.20. The Morgan fingerprint density at radius 2 is 2.20 bits per heavy atom. The molecule has 1 unspecified atom stereocenters. The number of hydrogen-bond acceptors (Lipinski definition) is 1. The Kier molecular flexibility index (Phi) is 5.58. The van der Waals surface area contributed by atoms with Crippen molar-refractivity contribution in [1.29, 1.82) is 0 Å². The molecule has 1 rings (SSSR count). The van der Waals surface area contributed by atoms with Crippen LogP contribution in [0, 0.1) is 0 Å². The van der Waals surface area contributed by atoms with Crippen molar-refractivity contribution in [2.24, 2.45) is 0 Å². The Labute approximate surface area is 108 Å². The van der Waals surface area contributed by atoms with E-state index in [0.717, 1.165) is 21.9 Å². The minimum absolute atomic E-state index is 0.343. The minimum Gasteiger partial charge on any atom is -0.310 e. The average molecular weight is 333 g/mol. The zero-order valence-corrected chi connectivity index (χ0v) is 11.9. The Balaban J connectivity index is 2.94. The molecule has 1 N–H and O–H groups in total. The van der Waals surface area contributed by atoms with E-state index in [0.29, 0.717) is 6.04 Å². The van der Waals surface area contributed by atoms with Gasteiger partial charge >= 0.3 is 0 Å². The van der Waals surface area contributed by atoms with Gasteiger partial charge in [-0.05, 0) is 30.7 Å². The van der Waals surface area contributed by atoms with E-state index in [-0.39, 0.29) is 0 Å². The highest BCUT2D eigenvalue weighted by atomic mass is 79.9. The predicted octanol–water partition coefficient (Wildman–Crippen LogP) is 4.44. The summed E-state index contributed by atoms with van der Waals surface area (Å²) in [7, 11) is 0. The molecule has 15 heavy (non-hydrogen) atoms. The zero-order chi connectivity index (χ0) is 11.3. The number of hydrogen-bond donors (Lipinski definition) is 1. The number of nitrogens with one attached hydrogen (secondary N) is 1. The maximum Gasteiger partial charge on any atom is 0.0365 e. The Hall–Kier alpha value is -0.120. The molecule has 1 aromatic carbocycles. The van der Waals surface area contributed by atoms with E-state index in [4.69, 9.17) is 0 Å². The van der Waals surface area contributed by atoms with E-state index in [1.54, 1.807) is 0 Å². The molecule has 0 bridgehead atoms. The van der Waals surface area contributed by atoms with Crippen molar-refractivity contribution in [2.45, 2.75) is 19.4 Å². The molecular formula is C12H15Br2N. The topological polar surface area (TPSA) is 12.0 Å². The third-order valence-corrected chi connectivity index (χ3v) is 3.37. The van der Waals surface area contributed by atoms with Gasteiger partial charge in [0.05, 0.1) is 0 Å². The largest absolute Gasteiger partial charge is 0.310 e. The standard InChI is InChI=1S/C12H15Br2N/c1-3-5-12(15-4-2)10-7-6-9(13)8-11(10)14/h3,6-8,12,15H,1,4-5H2,2H3. The summed E-state index contributed by atoms with van der Waals surface area (Å²) in [5.74, 6) is 0. The molecule has 1 aromatic rings. The van der Waals surface area contributed by atoms with Gasteiger partial charge < -0.3 is 5.32 Å². The first-order valence-corrected chi connectivity index (χ1v) is 6.56. The van der Waals surface area contributed by atoms with Crippen molar-refractivity contribution in [3.05, 3.63) is 45.4 Å². The predicted molar refractivity (Wildman–Crippen MR) is 73.1 cm³/mol. The lowest BCUT2D eigenvalue weighted by molar-refractivity contribution is 0.557. The molecule has 0 aromatic heterocycles. The third kappa shape index (κ3) is 3.74. The first-order valence-electron chi connectivity index (χ1n) is 4.98. The number of rotatable bonds is 5. The molecule has 0 aliphatic heterocycles. The van der Waals surface area contributed by atoms with E-state index < -0.39 is 0 Å². The molecule has 1 nitrogen and oxygen atoms in total. The molecule has 0 spiro atoms. The molecule has 0 saturated carbocycles. The fraction of sp³-hybridized carbons (Fsp3) is 0.333. The molecule has 0 heterocycles. The average Bonchev–Trinajstić information content (AvgIpc) is 2.17. The van der Waals surface area contributed by atoms with Crippen molar-refractivity contribution in [3.8, 4) is 0 Å². The summed E-state index contributed by atoms with van der Waals surface area (Å²) in [6, 6.07) is 6.61. The van der Waals surface area contributed by atoms with Gasteiger partial charge in [0.1, 0.15) is 0 Å². The van der Waals surface area contributed by atoms with Crippen LogP contribution in [0.4, 0.5) is 0 Å². The van der Waals surface area contributed by atoms with Crippen LogP contribution < -0.4 is 5.32 Å². The van der Waals surface area contributed by atoms with Crippen LogP contribution in [0.3, 0.4) is 0 Å². The molecule has 0 radical (unpaired) electrons. The maximum atomic E-state index is 3.79. The minimum atomic E-state index is 0.343. The van der Waals surface area contributed by atoms with Gasteiger partial charge in [0.15, 0.2) is 0 Å². The lowest BCUT2D eigenvalue weighted by atomic mass is 10.0. The zero-order valence-electron chi connectivity index (χ0n) is 8.76. The summed E-state index contributed by atoms with van der Waals surface area (Å²) in [4.78, 5) is 0. The highest BCUT2D eigenvalue weighted by Crippen LogP contribution is 2.28. The summed E-state index contributed by atoms with van der Waals surface area (Å²) in [5, 5.41) is 3.44. The Morgan fingerprint density at radius 1 is 1.47 bits per heavy atom. The summed E-state index contributed by atoms with van der Waals surface area (Å²) in [6.07, 6.45) is 2.88. The van der Waals surface area contributed by atoms with Crippen LogP contribution in [0.25, 0.3) is 0 Å². The van der Waals surface area contributed by atoms with E-state index in [2.05, 4.69) is 68.9 Å². The Bertz CT molecular complexity index is 336. The maximum absolute atomic E-state index is 3.79. The summed E-state index contributed by atoms with van der Waals surface area (Å²) in [5.41, 5.74) is 1.28. The second-order valence-corrected chi connectivity index (χ2v) is 5.07. The molecule has 0 amide bonds. The van der Waals surface area contributed by atoms with E-state index in [1.165, 1.54) is 5.56 Å². The smallest absolute Gasteiger partial charge is 0.0365 e. The van der Waals surface area contributed by atoms with E-state index >= 15 is 0 Å². The van der Waals surface area contributed by atoms with Gasteiger partial charge in [-0.25, -0.2) is 0 Å². The van der Waals surface area contributed by atoms with Gasteiger partial charge in [0.2, 0.25) is 0 Å². The van der Waals surface area contributed by atoms with Crippen molar-refractivity contribution < 1.29 is 0 Å². The number of benzene rings is 1. The van der Waals surface area contributed by atoms with Crippen LogP contribution in [0.1, 0.15) is 24.9 Å². The molecule has 3 heteroatoms. The van der Waals surface area contributed by atoms with Crippen LogP contribution in [0.5, 0.6) is 0 Å². The fourth-order valence-corrected chi connectivity index (χ4v) is 2.84. The second-order valence-electron chi connectivity index (χ2n) is 3.30. The molecule has 82 valence electrons. The molecule has 0 fully saturated rings. The SMILES string of the molecule is C=CCC(NCC)c1ccc(Br)cc1Br. The first-order chi connectivity index (χ1) is 7.19. The van der Waals surface area contributed by atoms with Crippen LogP contribution in [-0.2, 0) is 0 Å². The van der Waals surface area contributed by atoms with Gasteiger partial charge in [0, 0.05) is 15.0 Å². The molecule has 0 aliphatic carbocycles. The normalized spacial score (nSPS) is 12.5. The monoisotopic (exact) mass is 331 g/mol. The van der Waals surface area contributed by atoms with Crippen molar-refractivity contribution in [3.63, 3.8) is 0 Å². The molecule has 0 saturated heterocycles. The Morgan fingerprint density at radius 3 is 2.73 bits per heavy atom. The van der Waals surface area contributed by atoms with Crippen LogP contribution >= 0.6 is 31.9 Å². The second kappa shape index (κ2) is 6.46. The van der Waals surface area contributed by atoms with Crippen LogP contribution in [0.2, 0.25) is 0 Å². The molecule has 1 atom stereocenters. The van der Waals surface area contributed by atoms with Gasteiger partial charge in [-0.3, -0.25) is 0 Å². The van der Waals surface area contributed by atoms with E-state index in [1.807, 2.05) is 6.08 Å². The number of halogens is 2. The lowest BCUT2D eigenvalue weighted by Gasteiger charge is -2.18. The first kappa shape index (κ1) is 12.9. The molecular weight excluding hydrogens is 318 g/mol. The summed E-state index contributed by atoms with van der Waals surface area (Å²) >= 11 is 7.04. The van der Waals surface area contributed by atoms with Crippen molar-refractivity contribution in [2.75, 3.05) is 6.54 Å². The third-order valence-electron chi connectivity index (χ3n) is 2.19. The quantitative estimate of drug-likeness (QED) is 0.786. The van der Waals surface area contributed by atoms with Gasteiger partial charge in [-0.2, -0.15) is 0 Å². The van der Waals surface area contributed by atoms with Crippen molar-refractivity contribution >= 4 is 31.9 Å². The van der Waals surface area contributed by atoms with Crippen LogP contribution in [-0.4, -0.2) is 6.54 Å².